The summed E-state index contributed by atoms with van der Waals surface area (Å²) in [5.41, 5.74) is 4.17. The highest BCUT2D eigenvalue weighted by Gasteiger charge is 2.31. The van der Waals surface area contributed by atoms with Gasteiger partial charge in [0, 0.05) is 34.1 Å². The van der Waals surface area contributed by atoms with Gasteiger partial charge >= 0.3 is 5.97 Å². The molecule has 0 saturated carbocycles. The number of halogens is 2. The number of hydrogen-bond acceptors (Lipinski definition) is 1. The van der Waals surface area contributed by atoms with Gasteiger partial charge in [-0.1, -0.05) is 23.7 Å². The van der Waals surface area contributed by atoms with Crippen LogP contribution in [0.25, 0.3) is 10.9 Å². The molecule has 0 aliphatic heterocycles. The van der Waals surface area contributed by atoms with E-state index in [2.05, 4.69) is 4.57 Å². The average Bonchev–Trinajstić information content (AvgIpc) is 3.09. The fourth-order valence-corrected chi connectivity index (χ4v) is 4.08. The molecule has 0 bridgehead atoms. The first kappa shape index (κ1) is 16.2. The van der Waals surface area contributed by atoms with Crippen molar-refractivity contribution in [1.82, 2.24) is 4.57 Å². The molecule has 0 saturated heterocycles. The van der Waals surface area contributed by atoms with Crippen molar-refractivity contribution in [2.75, 3.05) is 0 Å². The molecule has 1 aliphatic carbocycles. The molecule has 25 heavy (non-hydrogen) atoms. The van der Waals surface area contributed by atoms with Gasteiger partial charge in [0.1, 0.15) is 5.82 Å². The molecule has 1 atom stereocenters. The fourth-order valence-electron chi connectivity index (χ4n) is 3.95. The number of rotatable bonds is 4. The summed E-state index contributed by atoms with van der Waals surface area (Å²) >= 11 is 5.97. The zero-order chi connectivity index (χ0) is 17.6. The molecule has 5 heteroatoms. The molecule has 1 heterocycles. The minimum absolute atomic E-state index is 0.0322. The van der Waals surface area contributed by atoms with Crippen molar-refractivity contribution >= 4 is 28.5 Å². The summed E-state index contributed by atoms with van der Waals surface area (Å²) < 4.78 is 15.9. The lowest BCUT2D eigenvalue weighted by atomic mass is 10.0. The minimum Gasteiger partial charge on any atom is -0.481 e. The maximum atomic E-state index is 13.8. The van der Waals surface area contributed by atoms with E-state index < -0.39 is 5.97 Å². The van der Waals surface area contributed by atoms with Crippen LogP contribution in [0.4, 0.5) is 4.39 Å². The number of nitrogens with zero attached hydrogens (tertiary/aromatic N) is 1. The summed E-state index contributed by atoms with van der Waals surface area (Å²) in [5.74, 6) is -1.09. The SMILES string of the molecule is O=C(O)CC1CCc2c1n(Cc1ccc(Cl)cc1)c1ccc(F)cc21. The zero-order valence-electron chi connectivity index (χ0n) is 13.5. The molecule has 1 N–H and O–H groups in total. The van der Waals surface area contributed by atoms with Crippen molar-refractivity contribution in [2.45, 2.75) is 31.7 Å². The van der Waals surface area contributed by atoms with Crippen LogP contribution in [0, 0.1) is 5.82 Å². The Morgan fingerprint density at radius 3 is 2.72 bits per heavy atom. The molecule has 3 nitrogen and oxygen atoms in total. The number of aliphatic carboxylic acids is 1. The van der Waals surface area contributed by atoms with E-state index in [1.54, 1.807) is 12.1 Å². The van der Waals surface area contributed by atoms with Crippen LogP contribution in [0.2, 0.25) is 5.02 Å². The van der Waals surface area contributed by atoms with Crippen molar-refractivity contribution < 1.29 is 14.3 Å². The normalized spacial score (nSPS) is 16.3. The Balaban J connectivity index is 1.86. The third-order valence-corrected chi connectivity index (χ3v) is 5.23. The molecule has 4 rings (SSSR count). The molecule has 0 radical (unpaired) electrons. The van der Waals surface area contributed by atoms with Gasteiger partial charge in [-0.05, 0) is 54.3 Å². The van der Waals surface area contributed by atoms with Crippen LogP contribution in [0.1, 0.15) is 35.6 Å². The van der Waals surface area contributed by atoms with E-state index >= 15 is 0 Å². The zero-order valence-corrected chi connectivity index (χ0v) is 14.3. The number of aromatic nitrogens is 1. The van der Waals surface area contributed by atoms with Gasteiger partial charge in [0.25, 0.3) is 0 Å². The van der Waals surface area contributed by atoms with Gasteiger partial charge in [-0.15, -0.1) is 0 Å². The molecular weight excluding hydrogens is 341 g/mol. The summed E-state index contributed by atoms with van der Waals surface area (Å²) in [6.07, 6.45) is 1.69. The molecule has 1 aromatic heterocycles. The molecule has 3 aromatic rings. The lowest BCUT2D eigenvalue weighted by molar-refractivity contribution is -0.137. The molecule has 1 unspecified atom stereocenters. The average molecular weight is 358 g/mol. The number of aryl methyl sites for hydroxylation is 1. The van der Waals surface area contributed by atoms with Crippen molar-refractivity contribution in [2.24, 2.45) is 0 Å². The maximum Gasteiger partial charge on any atom is 0.304 e. The van der Waals surface area contributed by atoms with E-state index in [9.17, 15) is 14.3 Å². The van der Waals surface area contributed by atoms with E-state index in [0.717, 1.165) is 40.6 Å². The summed E-state index contributed by atoms with van der Waals surface area (Å²) in [4.78, 5) is 11.3. The quantitative estimate of drug-likeness (QED) is 0.715. The van der Waals surface area contributed by atoms with E-state index in [-0.39, 0.29) is 18.2 Å². The van der Waals surface area contributed by atoms with Gasteiger partial charge < -0.3 is 9.67 Å². The molecule has 0 fully saturated rings. The smallest absolute Gasteiger partial charge is 0.304 e. The number of benzene rings is 2. The van der Waals surface area contributed by atoms with Crippen molar-refractivity contribution in [3.63, 3.8) is 0 Å². The first-order chi connectivity index (χ1) is 12.0. The van der Waals surface area contributed by atoms with Gasteiger partial charge in [0.2, 0.25) is 0 Å². The van der Waals surface area contributed by atoms with Crippen LogP contribution in [0.15, 0.2) is 42.5 Å². The summed E-state index contributed by atoms with van der Waals surface area (Å²) in [5, 5.41) is 10.8. The van der Waals surface area contributed by atoms with E-state index in [1.807, 2.05) is 24.3 Å². The van der Waals surface area contributed by atoms with Crippen molar-refractivity contribution in [3.8, 4) is 0 Å². The lowest BCUT2D eigenvalue weighted by Gasteiger charge is -2.15. The Kier molecular flexibility index (Phi) is 4.00. The van der Waals surface area contributed by atoms with Crippen molar-refractivity contribution in [3.05, 3.63) is 70.1 Å². The monoisotopic (exact) mass is 357 g/mol. The van der Waals surface area contributed by atoms with Crippen molar-refractivity contribution in [1.29, 1.82) is 0 Å². The first-order valence-corrected chi connectivity index (χ1v) is 8.67. The summed E-state index contributed by atoms with van der Waals surface area (Å²) in [6.45, 7) is 0.616. The molecule has 0 spiro atoms. The number of carbonyl (C=O) groups is 1. The van der Waals surface area contributed by atoms with Gasteiger partial charge in [-0.3, -0.25) is 4.79 Å². The highest BCUT2D eigenvalue weighted by Crippen LogP contribution is 2.42. The predicted molar refractivity (Wildman–Crippen MR) is 95.8 cm³/mol. The second kappa shape index (κ2) is 6.19. The van der Waals surface area contributed by atoms with Crippen LogP contribution in [0.5, 0.6) is 0 Å². The minimum atomic E-state index is -0.799. The molecule has 2 aromatic carbocycles. The standard InChI is InChI=1S/C20H17ClFNO2/c21-14-4-1-12(2-5-14)11-23-18-8-6-15(22)10-17(18)16-7-3-13(20(16)23)9-19(24)25/h1-2,4-6,8,10,13H,3,7,9,11H2,(H,24,25). The molecule has 1 aliphatic rings. The van der Waals surface area contributed by atoms with Crippen LogP contribution in [0.3, 0.4) is 0 Å². The van der Waals surface area contributed by atoms with Crippen LogP contribution in [-0.2, 0) is 17.8 Å². The second-order valence-electron chi connectivity index (χ2n) is 6.57. The molecular formula is C20H17ClFNO2. The van der Waals surface area contributed by atoms with Crippen LogP contribution >= 0.6 is 11.6 Å². The number of fused-ring (bicyclic) bond motifs is 3. The van der Waals surface area contributed by atoms with E-state index in [4.69, 9.17) is 11.6 Å². The lowest BCUT2D eigenvalue weighted by Crippen LogP contribution is -2.10. The van der Waals surface area contributed by atoms with Crippen LogP contribution in [-0.4, -0.2) is 15.6 Å². The van der Waals surface area contributed by atoms with Crippen LogP contribution < -0.4 is 0 Å². The molecule has 128 valence electrons. The number of carboxylic acid groups (broad SMARTS) is 1. The Morgan fingerprint density at radius 1 is 1.24 bits per heavy atom. The number of hydrogen-bond donors (Lipinski definition) is 1. The maximum absolute atomic E-state index is 13.8. The largest absolute Gasteiger partial charge is 0.481 e. The van der Waals surface area contributed by atoms with Gasteiger partial charge in [0.15, 0.2) is 0 Å². The highest BCUT2D eigenvalue weighted by atomic mass is 35.5. The first-order valence-electron chi connectivity index (χ1n) is 8.29. The Bertz CT molecular complexity index is 962. The van der Waals surface area contributed by atoms with Gasteiger partial charge in [0.05, 0.1) is 6.42 Å². The molecule has 0 amide bonds. The third-order valence-electron chi connectivity index (χ3n) is 4.98. The Labute approximate surface area is 149 Å². The highest BCUT2D eigenvalue weighted by molar-refractivity contribution is 6.30. The Hall–Kier alpha value is -2.33. The Morgan fingerprint density at radius 2 is 2.00 bits per heavy atom. The van der Waals surface area contributed by atoms with Gasteiger partial charge in [-0.2, -0.15) is 0 Å². The van der Waals surface area contributed by atoms with E-state index in [1.165, 1.54) is 6.07 Å². The topological polar surface area (TPSA) is 42.2 Å². The third kappa shape index (κ3) is 2.91. The summed E-state index contributed by atoms with van der Waals surface area (Å²) in [7, 11) is 0. The summed E-state index contributed by atoms with van der Waals surface area (Å²) in [6, 6.07) is 12.4. The fraction of sp³-hybridized carbons (Fsp3) is 0.250. The number of carboxylic acids is 1. The second-order valence-corrected chi connectivity index (χ2v) is 7.01. The van der Waals surface area contributed by atoms with E-state index in [0.29, 0.717) is 11.6 Å². The van der Waals surface area contributed by atoms with Gasteiger partial charge in [-0.25, -0.2) is 4.39 Å². The predicted octanol–water partition coefficient (Wildman–Crippen LogP) is 4.99.